The zero-order chi connectivity index (χ0) is 16.6. The third-order valence-electron chi connectivity index (χ3n) is 4.65. The minimum atomic E-state index is -3.52. The second-order valence-electron chi connectivity index (χ2n) is 6.50. The molecule has 0 radical (unpaired) electrons. The fraction of sp³-hybridized carbons (Fsp3) is 0.733. The molecule has 3 rings (SSSR count). The molecular formula is C15H24N2O4S2. The number of hydrogen-bond donors (Lipinski definition) is 1. The third kappa shape index (κ3) is 3.47. The van der Waals surface area contributed by atoms with Gasteiger partial charge < -0.3 is 9.84 Å². The molecule has 4 atom stereocenters. The molecule has 6 nitrogen and oxygen atoms in total. The summed E-state index contributed by atoms with van der Waals surface area (Å²) >= 11 is 1.60. The summed E-state index contributed by atoms with van der Waals surface area (Å²) in [4.78, 5) is 0. The fourth-order valence-electron chi connectivity index (χ4n) is 3.55. The molecule has 1 aromatic heterocycles. The Balaban J connectivity index is 1.78. The summed E-state index contributed by atoms with van der Waals surface area (Å²) in [5.74, 6) is 0.0205. The smallest absolute Gasteiger partial charge is 0.282 e. The lowest BCUT2D eigenvalue weighted by Crippen LogP contribution is -2.52. The number of morpholine rings is 1. The first kappa shape index (κ1) is 17.3. The van der Waals surface area contributed by atoms with Crippen molar-refractivity contribution >= 4 is 21.5 Å². The second-order valence-corrected chi connectivity index (χ2v) is 9.21. The Morgan fingerprint density at radius 1 is 1.22 bits per heavy atom. The van der Waals surface area contributed by atoms with Crippen molar-refractivity contribution in [2.75, 3.05) is 32.8 Å². The van der Waals surface area contributed by atoms with E-state index in [9.17, 15) is 13.5 Å². The van der Waals surface area contributed by atoms with Gasteiger partial charge >= 0.3 is 0 Å². The van der Waals surface area contributed by atoms with Crippen LogP contribution in [0, 0.1) is 5.92 Å². The molecule has 1 aromatic rings. The molecule has 3 heterocycles. The molecule has 0 spiro atoms. The number of hydrogen-bond acceptors (Lipinski definition) is 5. The van der Waals surface area contributed by atoms with Gasteiger partial charge in [-0.05, 0) is 36.2 Å². The normalized spacial score (nSPS) is 34.0. The average molecular weight is 361 g/mol. The minimum Gasteiger partial charge on any atom is -0.396 e. The Labute approximate surface area is 141 Å². The first-order chi connectivity index (χ1) is 10.9. The van der Waals surface area contributed by atoms with Crippen LogP contribution in [0.2, 0.25) is 0 Å². The van der Waals surface area contributed by atoms with Crippen LogP contribution < -0.4 is 0 Å². The second kappa shape index (κ2) is 6.78. The van der Waals surface area contributed by atoms with Crippen LogP contribution in [0.25, 0.3) is 0 Å². The third-order valence-corrected chi connectivity index (χ3v) is 7.25. The molecule has 8 heteroatoms. The molecule has 2 saturated heterocycles. The Hall–Kier alpha value is -0.510. The Kier molecular flexibility index (Phi) is 5.10. The van der Waals surface area contributed by atoms with Gasteiger partial charge in [0.15, 0.2) is 0 Å². The molecule has 2 fully saturated rings. The lowest BCUT2D eigenvalue weighted by Gasteiger charge is -2.36. The minimum absolute atomic E-state index is 0.00243. The first-order valence-corrected chi connectivity index (χ1v) is 10.3. The summed E-state index contributed by atoms with van der Waals surface area (Å²) in [6, 6.07) is 2.02. The Bertz CT molecular complexity index is 609. The number of aliphatic hydroxyl groups excluding tert-OH is 1. The highest BCUT2D eigenvalue weighted by molar-refractivity contribution is 7.86. The zero-order valence-corrected chi connectivity index (χ0v) is 15.1. The highest BCUT2D eigenvalue weighted by atomic mass is 32.2. The van der Waals surface area contributed by atoms with Crippen molar-refractivity contribution in [2.24, 2.45) is 5.92 Å². The van der Waals surface area contributed by atoms with E-state index in [1.807, 2.05) is 30.7 Å². The predicted molar refractivity (Wildman–Crippen MR) is 89.7 cm³/mol. The maximum absolute atomic E-state index is 13.0. The molecular weight excluding hydrogens is 336 g/mol. The van der Waals surface area contributed by atoms with E-state index in [1.165, 1.54) is 8.61 Å². The monoisotopic (exact) mass is 360 g/mol. The van der Waals surface area contributed by atoms with Crippen molar-refractivity contribution in [3.8, 4) is 0 Å². The van der Waals surface area contributed by atoms with Crippen molar-refractivity contribution in [1.29, 1.82) is 0 Å². The van der Waals surface area contributed by atoms with E-state index in [0.717, 1.165) is 5.56 Å². The molecule has 0 amide bonds. The van der Waals surface area contributed by atoms with Crippen molar-refractivity contribution in [3.05, 3.63) is 22.4 Å². The van der Waals surface area contributed by atoms with Gasteiger partial charge in [-0.25, -0.2) is 0 Å². The van der Waals surface area contributed by atoms with E-state index in [0.29, 0.717) is 26.2 Å². The SMILES string of the molecule is C[C@@H]1CN(S(=O)(=O)N2C[C@H](CO)[C@H](c3ccsc3)C2)C[C@@H](C)O1. The summed E-state index contributed by atoms with van der Waals surface area (Å²) < 4.78 is 34.6. The van der Waals surface area contributed by atoms with E-state index in [2.05, 4.69) is 0 Å². The summed E-state index contributed by atoms with van der Waals surface area (Å²) in [5.41, 5.74) is 1.12. The zero-order valence-electron chi connectivity index (χ0n) is 13.5. The van der Waals surface area contributed by atoms with E-state index in [-0.39, 0.29) is 30.7 Å². The fourth-order valence-corrected chi connectivity index (χ4v) is 6.13. The van der Waals surface area contributed by atoms with Crippen molar-refractivity contribution in [1.82, 2.24) is 8.61 Å². The van der Waals surface area contributed by atoms with Gasteiger partial charge in [-0.15, -0.1) is 0 Å². The van der Waals surface area contributed by atoms with E-state index < -0.39 is 10.2 Å². The van der Waals surface area contributed by atoms with Crippen LogP contribution in [0.4, 0.5) is 0 Å². The van der Waals surface area contributed by atoms with Crippen LogP contribution in [0.5, 0.6) is 0 Å². The Morgan fingerprint density at radius 3 is 2.43 bits per heavy atom. The number of rotatable bonds is 4. The van der Waals surface area contributed by atoms with Crippen molar-refractivity contribution in [2.45, 2.75) is 32.0 Å². The van der Waals surface area contributed by atoms with E-state index >= 15 is 0 Å². The lowest BCUT2D eigenvalue weighted by molar-refractivity contribution is -0.0453. The predicted octanol–water partition coefficient (Wildman–Crippen LogP) is 1.11. The lowest BCUT2D eigenvalue weighted by atomic mass is 9.92. The maximum Gasteiger partial charge on any atom is 0.282 e. The molecule has 2 aliphatic rings. The molecule has 1 N–H and O–H groups in total. The van der Waals surface area contributed by atoms with Crippen LogP contribution in [0.15, 0.2) is 16.8 Å². The summed E-state index contributed by atoms with van der Waals surface area (Å²) in [7, 11) is -3.52. The molecule has 0 aromatic carbocycles. The standard InChI is InChI=1S/C15H24N2O4S2/c1-11-5-16(6-12(2)21-11)23(19,20)17-7-14(9-18)15(8-17)13-3-4-22-10-13/h3-4,10-12,14-15,18H,5-9H2,1-2H3/t11-,12-,14-,15+/m1/s1. The van der Waals surface area contributed by atoms with Gasteiger partial charge in [-0.3, -0.25) is 0 Å². The first-order valence-electron chi connectivity index (χ1n) is 7.95. The van der Waals surface area contributed by atoms with Gasteiger partial charge in [0.1, 0.15) is 0 Å². The number of aliphatic hydroxyl groups is 1. The van der Waals surface area contributed by atoms with Crippen molar-refractivity contribution in [3.63, 3.8) is 0 Å². The largest absolute Gasteiger partial charge is 0.396 e. The number of thiophene rings is 1. The number of nitrogens with zero attached hydrogens (tertiary/aromatic N) is 2. The summed E-state index contributed by atoms with van der Waals surface area (Å²) in [6.45, 7) is 5.37. The van der Waals surface area contributed by atoms with Gasteiger partial charge in [0.05, 0.1) is 12.2 Å². The number of ether oxygens (including phenoxy) is 1. The average Bonchev–Trinajstić information content (AvgIpc) is 3.15. The van der Waals surface area contributed by atoms with Crippen LogP contribution in [0.3, 0.4) is 0 Å². The molecule has 130 valence electrons. The van der Waals surface area contributed by atoms with Crippen LogP contribution >= 0.6 is 11.3 Å². The molecule has 0 unspecified atom stereocenters. The topological polar surface area (TPSA) is 70.1 Å². The summed E-state index contributed by atoms with van der Waals surface area (Å²) in [6.07, 6.45) is -0.199. The van der Waals surface area contributed by atoms with Gasteiger partial charge in [-0.2, -0.15) is 28.4 Å². The van der Waals surface area contributed by atoms with Gasteiger partial charge in [0.2, 0.25) is 0 Å². The van der Waals surface area contributed by atoms with Gasteiger partial charge in [0, 0.05) is 44.6 Å². The van der Waals surface area contributed by atoms with Crippen LogP contribution in [-0.4, -0.2) is 67.1 Å². The summed E-state index contributed by atoms with van der Waals surface area (Å²) in [5, 5.41) is 13.7. The van der Waals surface area contributed by atoms with Gasteiger partial charge in [0.25, 0.3) is 10.2 Å². The van der Waals surface area contributed by atoms with E-state index in [1.54, 1.807) is 11.3 Å². The van der Waals surface area contributed by atoms with Crippen LogP contribution in [-0.2, 0) is 14.9 Å². The van der Waals surface area contributed by atoms with E-state index in [4.69, 9.17) is 4.74 Å². The molecule has 0 bridgehead atoms. The highest BCUT2D eigenvalue weighted by Gasteiger charge is 2.43. The maximum atomic E-state index is 13.0. The quantitative estimate of drug-likeness (QED) is 0.873. The highest BCUT2D eigenvalue weighted by Crippen LogP contribution is 2.35. The molecule has 0 aliphatic carbocycles. The Morgan fingerprint density at radius 2 is 1.87 bits per heavy atom. The van der Waals surface area contributed by atoms with Gasteiger partial charge in [-0.1, -0.05) is 0 Å². The van der Waals surface area contributed by atoms with Crippen LogP contribution in [0.1, 0.15) is 25.3 Å². The molecule has 23 heavy (non-hydrogen) atoms. The molecule has 0 saturated carbocycles. The molecule has 2 aliphatic heterocycles. The van der Waals surface area contributed by atoms with Crippen molar-refractivity contribution < 1.29 is 18.3 Å².